The summed E-state index contributed by atoms with van der Waals surface area (Å²) in [5.74, 6) is -0.314. The molecule has 8 nitrogen and oxygen atoms in total. The number of aliphatic carboxylic acids is 1. The molecule has 2 aliphatic rings. The Bertz CT molecular complexity index is 433. The van der Waals surface area contributed by atoms with Crippen LogP contribution in [-0.4, -0.2) is 83.2 Å². The third-order valence-corrected chi connectivity index (χ3v) is 4.22. The first-order valence-electron chi connectivity index (χ1n) is 8.41. The molecule has 0 bridgehead atoms. The molecule has 0 aliphatic carbocycles. The van der Waals surface area contributed by atoms with E-state index < -0.39 is 12.1 Å². The molecule has 8 heteroatoms. The minimum absolute atomic E-state index is 0.0447. The summed E-state index contributed by atoms with van der Waals surface area (Å²) in [6.07, 6.45) is 2.01. The van der Waals surface area contributed by atoms with Crippen molar-refractivity contribution in [3.63, 3.8) is 0 Å². The Morgan fingerprint density at radius 2 is 1.54 bits per heavy atom. The minimum atomic E-state index is -0.833. The molecule has 24 heavy (non-hydrogen) atoms. The number of aliphatic hydroxyl groups excluding tert-OH is 1. The van der Waals surface area contributed by atoms with Crippen LogP contribution in [0.4, 0.5) is 0 Å². The van der Waals surface area contributed by atoms with E-state index in [1.54, 1.807) is 9.80 Å². The molecule has 0 radical (unpaired) electrons. The topological polar surface area (TPSA) is 110 Å². The van der Waals surface area contributed by atoms with Crippen molar-refractivity contribution >= 4 is 17.8 Å². The molecule has 0 aromatic carbocycles. The predicted octanol–water partition coefficient (Wildman–Crippen LogP) is -0.481. The van der Waals surface area contributed by atoms with Crippen LogP contribution in [0.15, 0.2) is 0 Å². The number of piperidine rings is 1. The summed E-state index contributed by atoms with van der Waals surface area (Å²) in [4.78, 5) is 36.1. The zero-order valence-electron chi connectivity index (χ0n) is 14.5. The van der Waals surface area contributed by atoms with Crippen molar-refractivity contribution in [2.45, 2.75) is 39.2 Å². The molecule has 2 heterocycles. The number of carboxylic acid groups (broad SMARTS) is 1. The highest BCUT2D eigenvalue weighted by Crippen LogP contribution is 2.18. The number of amides is 2. The summed E-state index contributed by atoms with van der Waals surface area (Å²) in [6.45, 7) is 6.27. The molecule has 2 fully saturated rings. The summed E-state index contributed by atoms with van der Waals surface area (Å²) >= 11 is 0. The van der Waals surface area contributed by atoms with Crippen molar-refractivity contribution in [3.05, 3.63) is 0 Å². The van der Waals surface area contributed by atoms with Crippen LogP contribution in [0.2, 0.25) is 0 Å². The number of carbonyl (C=O) groups excluding carboxylic acids is 2. The number of hydrogen-bond acceptors (Lipinski definition) is 5. The number of aliphatic hydroxyl groups is 1. The second-order valence-corrected chi connectivity index (χ2v) is 6.38. The van der Waals surface area contributed by atoms with Gasteiger partial charge < -0.3 is 25.3 Å². The average Bonchev–Trinajstić information content (AvgIpc) is 2.69. The molecule has 2 amide bonds. The van der Waals surface area contributed by atoms with E-state index in [0.29, 0.717) is 38.5 Å². The van der Waals surface area contributed by atoms with Crippen LogP contribution in [0.3, 0.4) is 0 Å². The monoisotopic (exact) mass is 343 g/mol. The molecule has 2 saturated heterocycles. The zero-order valence-corrected chi connectivity index (χ0v) is 14.5. The lowest BCUT2D eigenvalue weighted by Crippen LogP contribution is -2.39. The minimum Gasteiger partial charge on any atom is -0.481 e. The molecule has 138 valence electrons. The van der Waals surface area contributed by atoms with Gasteiger partial charge in [0.1, 0.15) is 0 Å². The quantitative estimate of drug-likeness (QED) is 0.625. The van der Waals surface area contributed by atoms with Crippen molar-refractivity contribution in [2.24, 2.45) is 5.92 Å². The van der Waals surface area contributed by atoms with Crippen LogP contribution in [0, 0.1) is 5.92 Å². The van der Waals surface area contributed by atoms with E-state index in [1.807, 2.05) is 0 Å². The second kappa shape index (κ2) is 10.2. The first-order valence-corrected chi connectivity index (χ1v) is 8.41. The fourth-order valence-electron chi connectivity index (χ4n) is 2.96. The standard InChI is InChI=1S/C14H25N3O3.C2H4O2/c1-11(18)16-6-7-17(10-13(19)9-16)14(20)8-12-2-4-15-5-3-12;1-2(3)4/h12-13,15,19H,2-10H2,1H3;1H3,(H,3,4). The summed E-state index contributed by atoms with van der Waals surface area (Å²) in [7, 11) is 0. The highest BCUT2D eigenvalue weighted by molar-refractivity contribution is 5.77. The van der Waals surface area contributed by atoms with Crippen LogP contribution in [0.25, 0.3) is 0 Å². The number of nitrogens with zero attached hydrogens (tertiary/aromatic N) is 2. The lowest BCUT2D eigenvalue weighted by atomic mass is 9.94. The van der Waals surface area contributed by atoms with Gasteiger partial charge >= 0.3 is 0 Å². The molecular weight excluding hydrogens is 314 g/mol. The molecule has 0 aromatic heterocycles. The van der Waals surface area contributed by atoms with E-state index >= 15 is 0 Å². The molecular formula is C16H29N3O5. The van der Waals surface area contributed by atoms with Crippen molar-refractivity contribution in [3.8, 4) is 0 Å². The Hall–Kier alpha value is -1.67. The Morgan fingerprint density at radius 3 is 2.08 bits per heavy atom. The average molecular weight is 343 g/mol. The number of β-amino-alcohol motifs (C(OH)–C–C–N with tert-alkyl or cyclic N) is 1. The highest BCUT2D eigenvalue weighted by Gasteiger charge is 2.27. The first-order chi connectivity index (χ1) is 11.3. The lowest BCUT2D eigenvalue weighted by Gasteiger charge is -2.26. The van der Waals surface area contributed by atoms with Gasteiger partial charge in [-0.05, 0) is 31.8 Å². The molecule has 1 atom stereocenters. The van der Waals surface area contributed by atoms with Crippen molar-refractivity contribution in [1.29, 1.82) is 0 Å². The van der Waals surface area contributed by atoms with Crippen molar-refractivity contribution in [2.75, 3.05) is 39.3 Å². The Balaban J connectivity index is 0.000000648. The van der Waals surface area contributed by atoms with Crippen LogP contribution < -0.4 is 5.32 Å². The van der Waals surface area contributed by atoms with E-state index in [0.717, 1.165) is 32.9 Å². The Labute approximate surface area is 142 Å². The van der Waals surface area contributed by atoms with Crippen LogP contribution in [0.1, 0.15) is 33.1 Å². The van der Waals surface area contributed by atoms with E-state index in [1.165, 1.54) is 6.92 Å². The van der Waals surface area contributed by atoms with Gasteiger partial charge in [-0.2, -0.15) is 0 Å². The fourth-order valence-corrected chi connectivity index (χ4v) is 2.96. The van der Waals surface area contributed by atoms with Gasteiger partial charge in [0.15, 0.2) is 0 Å². The summed E-state index contributed by atoms with van der Waals surface area (Å²) < 4.78 is 0. The summed E-state index contributed by atoms with van der Waals surface area (Å²) in [5, 5.41) is 20.6. The molecule has 3 N–H and O–H groups in total. The molecule has 2 rings (SSSR count). The van der Waals surface area contributed by atoms with E-state index in [2.05, 4.69) is 5.32 Å². The smallest absolute Gasteiger partial charge is 0.300 e. The number of hydrogen-bond donors (Lipinski definition) is 3. The largest absolute Gasteiger partial charge is 0.481 e. The van der Waals surface area contributed by atoms with Gasteiger partial charge in [-0.3, -0.25) is 14.4 Å². The Morgan fingerprint density at radius 1 is 1.04 bits per heavy atom. The fraction of sp³-hybridized carbons (Fsp3) is 0.812. The van der Waals surface area contributed by atoms with Gasteiger partial charge in [-0.25, -0.2) is 0 Å². The highest BCUT2D eigenvalue weighted by atomic mass is 16.4. The van der Waals surface area contributed by atoms with Gasteiger partial charge in [-0.1, -0.05) is 0 Å². The number of carboxylic acids is 1. The SMILES string of the molecule is CC(=O)N1CCN(C(=O)CC2CCNCC2)CC(O)C1.CC(=O)O. The number of rotatable bonds is 2. The summed E-state index contributed by atoms with van der Waals surface area (Å²) in [6, 6.07) is 0. The van der Waals surface area contributed by atoms with Gasteiger partial charge in [0.2, 0.25) is 11.8 Å². The number of carbonyl (C=O) groups is 3. The molecule has 2 aliphatic heterocycles. The van der Waals surface area contributed by atoms with Gasteiger partial charge in [-0.15, -0.1) is 0 Å². The molecule has 0 aromatic rings. The number of nitrogens with one attached hydrogen (secondary N) is 1. The molecule has 1 unspecified atom stereocenters. The van der Waals surface area contributed by atoms with Gasteiger partial charge in [0.25, 0.3) is 5.97 Å². The third-order valence-electron chi connectivity index (χ3n) is 4.22. The maximum Gasteiger partial charge on any atom is 0.300 e. The predicted molar refractivity (Wildman–Crippen MR) is 88.4 cm³/mol. The summed E-state index contributed by atoms with van der Waals surface area (Å²) in [5.41, 5.74) is 0. The first kappa shape index (κ1) is 20.4. The maximum atomic E-state index is 12.3. The normalized spacial score (nSPS) is 22.2. The van der Waals surface area contributed by atoms with Crippen LogP contribution >= 0.6 is 0 Å². The third kappa shape index (κ3) is 7.74. The van der Waals surface area contributed by atoms with Gasteiger partial charge in [0, 0.05) is 46.4 Å². The molecule has 0 saturated carbocycles. The van der Waals surface area contributed by atoms with E-state index in [9.17, 15) is 14.7 Å². The Kier molecular flexibility index (Phi) is 8.70. The van der Waals surface area contributed by atoms with Crippen LogP contribution in [-0.2, 0) is 14.4 Å². The van der Waals surface area contributed by atoms with Crippen LogP contribution in [0.5, 0.6) is 0 Å². The second-order valence-electron chi connectivity index (χ2n) is 6.38. The van der Waals surface area contributed by atoms with E-state index in [4.69, 9.17) is 9.90 Å². The van der Waals surface area contributed by atoms with Gasteiger partial charge in [0.05, 0.1) is 6.10 Å². The maximum absolute atomic E-state index is 12.3. The van der Waals surface area contributed by atoms with Crippen molar-refractivity contribution in [1.82, 2.24) is 15.1 Å². The lowest BCUT2D eigenvalue weighted by molar-refractivity contribution is -0.134. The zero-order chi connectivity index (χ0) is 18.1. The van der Waals surface area contributed by atoms with Crippen molar-refractivity contribution < 1.29 is 24.6 Å². The molecule has 0 spiro atoms. The van der Waals surface area contributed by atoms with E-state index in [-0.39, 0.29) is 11.8 Å².